The van der Waals surface area contributed by atoms with Crippen molar-refractivity contribution in [2.75, 3.05) is 7.05 Å². The zero-order valence-electron chi connectivity index (χ0n) is 13.9. The lowest BCUT2D eigenvalue weighted by atomic mass is 10.0. The molecule has 128 valence electrons. The fourth-order valence-corrected chi connectivity index (χ4v) is 2.27. The van der Waals surface area contributed by atoms with Crippen LogP contribution in [-0.2, 0) is 22.7 Å². The molecule has 1 unspecified atom stereocenters. The molecular formula is C16H22BN3O4. The van der Waals surface area contributed by atoms with Crippen molar-refractivity contribution < 1.29 is 19.5 Å². The molecule has 1 atom stereocenters. The molecule has 2 radical (unpaired) electrons. The van der Waals surface area contributed by atoms with E-state index in [1.54, 1.807) is 19.2 Å². The van der Waals surface area contributed by atoms with E-state index in [1.165, 1.54) is 6.92 Å². The van der Waals surface area contributed by atoms with Crippen molar-refractivity contribution in [3.8, 4) is 0 Å². The van der Waals surface area contributed by atoms with Crippen LogP contribution in [0.4, 0.5) is 0 Å². The van der Waals surface area contributed by atoms with Crippen LogP contribution in [0.25, 0.3) is 0 Å². The molecule has 1 rings (SSSR count). The van der Waals surface area contributed by atoms with E-state index in [4.69, 9.17) is 7.98 Å². The van der Waals surface area contributed by atoms with Crippen molar-refractivity contribution in [3.63, 3.8) is 0 Å². The normalized spacial score (nSPS) is 11.8. The smallest absolute Gasteiger partial charge is 0.326 e. The number of carboxylic acids is 1. The Balaban J connectivity index is 2.94. The minimum Gasteiger partial charge on any atom is -0.480 e. The van der Waals surface area contributed by atoms with Gasteiger partial charge in [0.1, 0.15) is 11.8 Å². The number of carbonyl (C=O) groups is 3. The van der Waals surface area contributed by atoms with Gasteiger partial charge in [-0.05, 0) is 43.7 Å². The molecule has 4 N–H and O–H groups in total. The molecule has 0 saturated carbocycles. The number of rotatable bonds is 10. The molecule has 0 spiro atoms. The van der Waals surface area contributed by atoms with Crippen LogP contribution in [0.1, 0.15) is 41.3 Å². The molecule has 1 aromatic carbocycles. The van der Waals surface area contributed by atoms with Gasteiger partial charge in [-0.15, -0.1) is 0 Å². The summed E-state index contributed by atoms with van der Waals surface area (Å²) in [6.45, 7) is 2.32. The molecule has 1 aromatic rings. The summed E-state index contributed by atoms with van der Waals surface area (Å²) in [7, 11) is 7.11. The monoisotopic (exact) mass is 331 g/mol. The number of benzene rings is 1. The van der Waals surface area contributed by atoms with Crippen LogP contribution >= 0.6 is 0 Å². The van der Waals surface area contributed by atoms with Gasteiger partial charge in [-0.2, -0.15) is 0 Å². The van der Waals surface area contributed by atoms with Crippen LogP contribution in [-0.4, -0.2) is 43.8 Å². The maximum Gasteiger partial charge on any atom is 0.326 e. The van der Waals surface area contributed by atoms with Crippen molar-refractivity contribution in [2.45, 2.75) is 38.9 Å². The summed E-state index contributed by atoms with van der Waals surface area (Å²) in [6.07, 6.45) is 0.156. The van der Waals surface area contributed by atoms with Crippen LogP contribution in [0, 0.1) is 0 Å². The third kappa shape index (κ3) is 6.51. The summed E-state index contributed by atoms with van der Waals surface area (Å²) in [5.41, 5.74) is 2.04. The predicted octanol–water partition coefficient (Wildman–Crippen LogP) is 0.131. The summed E-state index contributed by atoms with van der Waals surface area (Å²) in [6, 6.07) is 4.14. The Labute approximate surface area is 142 Å². The van der Waals surface area contributed by atoms with E-state index in [9.17, 15) is 19.5 Å². The summed E-state index contributed by atoms with van der Waals surface area (Å²) < 4.78 is 0. The highest BCUT2D eigenvalue weighted by atomic mass is 16.4. The molecule has 0 heterocycles. The Hall–Kier alpha value is -2.19. The average molecular weight is 331 g/mol. The van der Waals surface area contributed by atoms with Crippen LogP contribution < -0.4 is 15.9 Å². The second-order valence-corrected chi connectivity index (χ2v) is 5.55. The minimum absolute atomic E-state index is 0.0594. The molecule has 0 aromatic heterocycles. The maximum atomic E-state index is 12.4. The van der Waals surface area contributed by atoms with Gasteiger partial charge in [-0.1, -0.05) is 6.07 Å². The van der Waals surface area contributed by atoms with Gasteiger partial charge in [0.2, 0.25) is 0 Å². The lowest BCUT2D eigenvalue weighted by Gasteiger charge is -2.15. The lowest BCUT2D eigenvalue weighted by Crippen LogP contribution is -2.41. The topological polar surface area (TPSA) is 108 Å². The van der Waals surface area contributed by atoms with Crippen LogP contribution in [0.5, 0.6) is 0 Å². The fraction of sp³-hybridized carbons (Fsp3) is 0.438. The number of nitrogens with one attached hydrogen (secondary N) is 3. The Morgan fingerprint density at radius 1 is 1.17 bits per heavy atom. The largest absolute Gasteiger partial charge is 0.480 e. The number of hydrogen-bond donors (Lipinski definition) is 4. The number of carbonyl (C=O) groups excluding carboxylic acids is 2. The van der Waals surface area contributed by atoms with Gasteiger partial charge >= 0.3 is 5.97 Å². The van der Waals surface area contributed by atoms with Gasteiger partial charge in [-0.25, -0.2) is 4.79 Å². The van der Waals surface area contributed by atoms with E-state index in [0.717, 1.165) is 11.1 Å². The first-order chi connectivity index (χ1) is 11.4. The number of carboxylic acid groups (broad SMARTS) is 1. The van der Waals surface area contributed by atoms with Crippen molar-refractivity contribution in [1.82, 2.24) is 15.9 Å². The van der Waals surface area contributed by atoms with E-state index < -0.39 is 17.9 Å². The Morgan fingerprint density at radius 2 is 1.79 bits per heavy atom. The molecule has 8 heteroatoms. The first kappa shape index (κ1) is 19.9. The van der Waals surface area contributed by atoms with Crippen LogP contribution in [0.15, 0.2) is 18.2 Å². The lowest BCUT2D eigenvalue weighted by molar-refractivity contribution is -0.139. The first-order valence-electron chi connectivity index (χ1n) is 7.61. The molecule has 0 aliphatic rings. The number of hydrogen-bond acceptors (Lipinski definition) is 5. The van der Waals surface area contributed by atoms with Crippen molar-refractivity contribution in [2.24, 2.45) is 0 Å². The van der Waals surface area contributed by atoms with Crippen molar-refractivity contribution >= 4 is 25.6 Å². The second kappa shape index (κ2) is 9.84. The Morgan fingerprint density at radius 3 is 2.29 bits per heavy atom. The van der Waals surface area contributed by atoms with Gasteiger partial charge in [0.25, 0.3) is 5.91 Å². The van der Waals surface area contributed by atoms with E-state index in [-0.39, 0.29) is 18.6 Å². The Bertz CT molecular complexity index is 583. The first-order valence-corrected chi connectivity index (χ1v) is 7.61. The molecule has 7 nitrogen and oxygen atoms in total. The van der Waals surface area contributed by atoms with Crippen molar-refractivity contribution in [1.29, 1.82) is 0 Å². The highest BCUT2D eigenvalue weighted by Gasteiger charge is 2.21. The molecule has 0 fully saturated rings. The highest BCUT2D eigenvalue weighted by Crippen LogP contribution is 2.12. The standard InChI is InChI=1S/C16H22BN3O4/c1-10(21)3-4-14(16(23)24)20-15(22)13-6-11(8-18-2)5-12(7-13)9-19-17/h5-7,14,18-19H,3-4,8-9H2,1-2H3,(H,20,22)(H,23,24). The molecule has 24 heavy (non-hydrogen) atoms. The van der Waals surface area contributed by atoms with Gasteiger partial charge in [0, 0.05) is 25.1 Å². The van der Waals surface area contributed by atoms with Crippen LogP contribution in [0.2, 0.25) is 0 Å². The molecule has 0 aliphatic heterocycles. The number of amides is 1. The number of aliphatic carboxylic acids is 1. The molecular weight excluding hydrogens is 309 g/mol. The van der Waals surface area contributed by atoms with Gasteiger partial charge in [0.05, 0.1) is 0 Å². The Kier molecular flexibility index (Phi) is 8.15. The van der Waals surface area contributed by atoms with E-state index in [0.29, 0.717) is 18.7 Å². The zero-order valence-corrected chi connectivity index (χ0v) is 13.9. The van der Waals surface area contributed by atoms with E-state index in [1.807, 2.05) is 6.07 Å². The van der Waals surface area contributed by atoms with Gasteiger partial charge in [-0.3, -0.25) is 4.79 Å². The summed E-state index contributed by atoms with van der Waals surface area (Å²) in [4.78, 5) is 34.7. The van der Waals surface area contributed by atoms with Gasteiger partial charge < -0.3 is 25.8 Å². The van der Waals surface area contributed by atoms with Crippen LogP contribution in [0.3, 0.4) is 0 Å². The SMILES string of the molecule is [B]NCc1cc(CNC)cc(C(=O)NC(CCC(C)=O)C(=O)O)c1. The molecule has 0 bridgehead atoms. The summed E-state index contributed by atoms with van der Waals surface area (Å²) in [5.74, 6) is -1.79. The molecule has 0 saturated heterocycles. The average Bonchev–Trinajstić information content (AvgIpc) is 2.51. The third-order valence-electron chi connectivity index (χ3n) is 3.39. The third-order valence-corrected chi connectivity index (χ3v) is 3.39. The minimum atomic E-state index is -1.17. The molecule has 0 aliphatic carbocycles. The van der Waals surface area contributed by atoms with E-state index in [2.05, 4.69) is 15.9 Å². The fourth-order valence-electron chi connectivity index (χ4n) is 2.27. The predicted molar refractivity (Wildman–Crippen MR) is 90.6 cm³/mol. The quantitative estimate of drug-likeness (QED) is 0.454. The van der Waals surface area contributed by atoms with Crippen molar-refractivity contribution in [3.05, 3.63) is 34.9 Å². The summed E-state index contributed by atoms with van der Waals surface area (Å²) >= 11 is 0. The maximum absolute atomic E-state index is 12.4. The second-order valence-electron chi connectivity index (χ2n) is 5.55. The number of Topliss-reactive ketones (excluding diaryl/α,β-unsaturated/α-hetero) is 1. The van der Waals surface area contributed by atoms with E-state index >= 15 is 0 Å². The molecule has 1 amide bonds. The number of ketones is 1. The highest BCUT2D eigenvalue weighted by molar-refractivity contribution is 6.04. The zero-order chi connectivity index (χ0) is 18.1. The van der Waals surface area contributed by atoms with Gasteiger partial charge in [0.15, 0.2) is 7.98 Å². The summed E-state index contributed by atoms with van der Waals surface area (Å²) in [5, 5.41) is 17.2.